The van der Waals surface area contributed by atoms with Crippen LogP contribution in [0.2, 0.25) is 10.0 Å². The molecular weight excluding hydrogens is 1580 g/mol. The summed E-state index contributed by atoms with van der Waals surface area (Å²) in [6.45, 7) is 23.1. The van der Waals surface area contributed by atoms with Crippen molar-refractivity contribution in [3.63, 3.8) is 0 Å². The second-order valence-corrected chi connectivity index (χ2v) is 31.6. The molecular formula is C85H121Cl2F6N13O12. The van der Waals surface area contributed by atoms with E-state index in [9.17, 15) is 64.7 Å². The molecule has 4 aromatic rings. The van der Waals surface area contributed by atoms with Gasteiger partial charge in [0.25, 0.3) is 11.8 Å². The number of fused-ring (bicyclic) bond motifs is 2. The van der Waals surface area contributed by atoms with Gasteiger partial charge < -0.3 is 80.2 Å². The number of hydrogen-bond donors (Lipinski definition) is 4. The fourth-order valence-electron chi connectivity index (χ4n) is 15.8. The van der Waals surface area contributed by atoms with E-state index in [0.29, 0.717) is 143 Å². The number of esters is 2. The summed E-state index contributed by atoms with van der Waals surface area (Å²) >= 11 is 12.1. The van der Waals surface area contributed by atoms with Gasteiger partial charge >= 0.3 is 48.5 Å². The number of nitrogens with two attached hydrogens (primary N) is 2. The van der Waals surface area contributed by atoms with Crippen LogP contribution in [0.25, 0.3) is 0 Å². The number of piperazine rings is 1. The maximum absolute atomic E-state index is 14.2. The summed E-state index contributed by atoms with van der Waals surface area (Å²) < 4.78 is 104. The van der Waals surface area contributed by atoms with E-state index in [-0.39, 0.29) is 83.2 Å². The quantitative estimate of drug-likeness (QED) is 0.0120. The minimum atomic E-state index is -4.79. The van der Waals surface area contributed by atoms with Crippen LogP contribution in [-0.2, 0) is 76.2 Å². The van der Waals surface area contributed by atoms with Crippen molar-refractivity contribution in [2.75, 3.05) is 153 Å². The lowest BCUT2D eigenvalue weighted by molar-refractivity contribution is -0.145. The second kappa shape index (κ2) is 46.9. The zero-order valence-corrected chi connectivity index (χ0v) is 70.7. The normalized spacial score (nSPS) is 17.3. The van der Waals surface area contributed by atoms with E-state index >= 15 is 0 Å². The third-order valence-electron chi connectivity index (χ3n) is 22.9. The number of carbonyl (C=O) groups excluding carboxylic acids is 8. The molecule has 6 aliphatic heterocycles. The van der Waals surface area contributed by atoms with Crippen molar-refractivity contribution < 1.29 is 83.6 Å². The van der Waals surface area contributed by atoms with Gasteiger partial charge in [-0.3, -0.25) is 24.1 Å². The van der Waals surface area contributed by atoms with Crippen LogP contribution in [0.3, 0.4) is 0 Å². The van der Waals surface area contributed by atoms with Gasteiger partial charge in [0.2, 0.25) is 0 Å². The van der Waals surface area contributed by atoms with Crippen LogP contribution in [0.1, 0.15) is 178 Å². The zero-order valence-electron chi connectivity index (χ0n) is 69.2. The molecule has 0 unspecified atom stereocenters. The number of alkyl halides is 6. The number of piperidine rings is 3. The summed E-state index contributed by atoms with van der Waals surface area (Å²) in [6, 6.07) is 19.3. The lowest BCUT2D eigenvalue weighted by Crippen LogP contribution is -2.56. The first kappa shape index (κ1) is 95.0. The number of carbonyl (C=O) groups is 8. The Morgan fingerprint density at radius 3 is 1.36 bits per heavy atom. The molecule has 0 radical (unpaired) electrons. The summed E-state index contributed by atoms with van der Waals surface area (Å²) in [4.78, 5) is 121. The third kappa shape index (κ3) is 28.3. The van der Waals surface area contributed by atoms with Gasteiger partial charge in [-0.15, -0.1) is 0 Å². The Kier molecular flexibility index (Phi) is 37.7. The highest BCUT2D eigenvalue weighted by atomic mass is 35.5. The largest absolute Gasteiger partial charge is 0.466 e. The number of benzene rings is 4. The first-order valence-corrected chi connectivity index (χ1v) is 42.8. The molecule has 4 saturated heterocycles. The van der Waals surface area contributed by atoms with E-state index in [1.807, 2.05) is 48.5 Å². The SMILES string of the molecule is CCCCCCOC(=O)CCN(CC)CC.CCCCCCOC(=O)CCN1CCC(N2CCN(C(=O)[C@@H](Cc3cc(Cl)c(N)c(C(F)(F)F)c3)OC(=O)N3CCC(N4CCc5ccccc5NC4=O)CC3)CC2)CC1.CCN(CC)C(=O)[C@@H](Cc1cc(Cl)c(N)c(C(F)(F)F)c1)OC(=O)N1CCC(N2CCc3ccccc3NC2=O)CC1. The predicted molar refractivity (Wildman–Crippen MR) is 443 cm³/mol. The van der Waals surface area contributed by atoms with Crippen LogP contribution in [0.4, 0.5) is 68.3 Å². The first-order chi connectivity index (χ1) is 56.5. The molecule has 654 valence electrons. The number of rotatable bonds is 31. The number of urea groups is 2. The standard InChI is InChI=1S/C43H59ClF3N7O6.C29H35ClF3N5O4.C13H27NO2/c1-2-3-4-7-26-59-38(55)15-18-50-16-11-32(12-17-50)51-22-24-52(25-23-51)40(56)37(29-30-27-34(43(45,46)47)39(48)35(44)28-30)60-42(58)53-19-13-33(14-20-53)54-21-10-31-8-5-6-9-36(31)49-41(54)57;1-3-36(4-2)26(39)24(17-18-15-21(29(31,32)33)25(34)22(30)16-18)42-28(41)37-12-10-20(11-13-37)38-14-9-19-7-5-6-8-23(19)35-27(38)40;1-4-7-8-9-12-16-13(15)10-11-14(5-2)6-3/h5-6,8-9,27-28,32-33,37H,2-4,7,10-26,29,48H2,1H3,(H,49,57);5-8,15-16,20,24H,3-4,9-14,17,34H2,1-2H3,(H,35,40);4-12H2,1-3H3/t37-;24-;/m11./s1. The van der Waals surface area contributed by atoms with E-state index in [1.165, 1.54) is 46.1 Å². The maximum atomic E-state index is 14.2. The molecule has 0 saturated carbocycles. The molecule has 8 amide bonds. The molecule has 4 fully saturated rings. The Morgan fingerprint density at radius 1 is 0.508 bits per heavy atom. The molecule has 2 atom stereocenters. The number of para-hydroxylation sites is 2. The van der Waals surface area contributed by atoms with Gasteiger partial charge in [0, 0.05) is 134 Å². The molecule has 0 aliphatic carbocycles. The van der Waals surface area contributed by atoms with E-state index in [2.05, 4.69) is 53.0 Å². The molecule has 6 aliphatic rings. The summed E-state index contributed by atoms with van der Waals surface area (Å²) in [7, 11) is 0. The third-order valence-corrected chi connectivity index (χ3v) is 23.6. The molecule has 0 bridgehead atoms. The Balaban J connectivity index is 0.000000258. The van der Waals surface area contributed by atoms with Crippen LogP contribution in [-0.4, -0.2) is 253 Å². The number of halogens is 8. The van der Waals surface area contributed by atoms with Crippen molar-refractivity contribution in [3.8, 4) is 0 Å². The van der Waals surface area contributed by atoms with Crippen molar-refractivity contribution in [2.45, 2.75) is 213 Å². The number of anilines is 4. The summed E-state index contributed by atoms with van der Waals surface area (Å²) in [5.74, 6) is -1.23. The van der Waals surface area contributed by atoms with Crippen LogP contribution >= 0.6 is 23.2 Å². The van der Waals surface area contributed by atoms with Crippen molar-refractivity contribution >= 4 is 94.0 Å². The highest BCUT2D eigenvalue weighted by Crippen LogP contribution is 2.41. The second-order valence-electron chi connectivity index (χ2n) is 30.8. The topological polar surface area (TPSA) is 279 Å². The van der Waals surface area contributed by atoms with Gasteiger partial charge in [0.05, 0.1) is 58.6 Å². The van der Waals surface area contributed by atoms with E-state index < -0.39 is 71.1 Å². The van der Waals surface area contributed by atoms with Crippen molar-refractivity contribution in [1.82, 2.24) is 44.1 Å². The predicted octanol–water partition coefficient (Wildman–Crippen LogP) is 14.9. The summed E-state index contributed by atoms with van der Waals surface area (Å²) in [5, 5.41) is 5.34. The van der Waals surface area contributed by atoms with Gasteiger partial charge in [-0.05, 0) is 163 Å². The number of nitrogens with zero attached hydrogens (tertiary/aromatic N) is 9. The maximum Gasteiger partial charge on any atom is 0.418 e. The van der Waals surface area contributed by atoms with Crippen molar-refractivity contribution in [1.29, 1.82) is 0 Å². The molecule has 10 rings (SSSR count). The summed E-state index contributed by atoms with van der Waals surface area (Å²) in [5.41, 5.74) is 11.6. The number of likely N-dealkylation sites (N-methyl/N-ethyl adjacent to an activating group) is 1. The molecule has 0 aromatic heterocycles. The van der Waals surface area contributed by atoms with Gasteiger partial charge in [0.1, 0.15) is 0 Å². The number of ether oxygens (including phenoxy) is 4. The highest BCUT2D eigenvalue weighted by molar-refractivity contribution is 6.33. The van der Waals surface area contributed by atoms with E-state index in [0.717, 1.165) is 112 Å². The number of unbranched alkanes of at least 4 members (excludes halogenated alkanes) is 6. The number of nitrogens with one attached hydrogen (secondary N) is 2. The van der Waals surface area contributed by atoms with Crippen LogP contribution in [0.5, 0.6) is 0 Å². The lowest BCUT2D eigenvalue weighted by Gasteiger charge is -2.43. The van der Waals surface area contributed by atoms with Crippen molar-refractivity contribution in [2.24, 2.45) is 0 Å². The van der Waals surface area contributed by atoms with Gasteiger partial charge in [0.15, 0.2) is 12.2 Å². The minimum absolute atomic E-state index is 0.0524. The average molecular weight is 1700 g/mol. The van der Waals surface area contributed by atoms with Gasteiger partial charge in [-0.2, -0.15) is 26.3 Å². The summed E-state index contributed by atoms with van der Waals surface area (Å²) in [6.07, 6.45) is 0.550. The minimum Gasteiger partial charge on any atom is -0.466 e. The fraction of sp³-hybridized carbons (Fsp3) is 0.624. The van der Waals surface area contributed by atoms with E-state index in [1.54, 1.807) is 28.5 Å². The number of amides is 8. The van der Waals surface area contributed by atoms with Crippen LogP contribution in [0.15, 0.2) is 72.8 Å². The Morgan fingerprint density at radius 2 is 0.932 bits per heavy atom. The van der Waals surface area contributed by atoms with Gasteiger partial charge in [-0.25, -0.2) is 19.2 Å². The smallest absolute Gasteiger partial charge is 0.418 e. The molecule has 118 heavy (non-hydrogen) atoms. The lowest BCUT2D eigenvalue weighted by atomic mass is 10.0. The average Bonchev–Trinajstić information content (AvgIpc) is 1.07. The molecule has 6 heterocycles. The number of likely N-dealkylation sites (tertiary alicyclic amines) is 3. The molecule has 25 nitrogen and oxygen atoms in total. The monoisotopic (exact) mass is 1700 g/mol. The fourth-order valence-corrected chi connectivity index (χ4v) is 16.3. The molecule has 6 N–H and O–H groups in total. The van der Waals surface area contributed by atoms with Crippen LogP contribution < -0.4 is 22.1 Å². The van der Waals surface area contributed by atoms with Gasteiger partial charge in [-0.1, -0.05) is 126 Å². The Labute approximate surface area is 700 Å². The van der Waals surface area contributed by atoms with Crippen molar-refractivity contribution in [3.05, 3.63) is 116 Å². The highest BCUT2D eigenvalue weighted by Gasteiger charge is 2.41. The molecule has 0 spiro atoms. The number of nitrogen functional groups attached to an aromatic ring is 2. The Bertz CT molecular complexity index is 3920. The Hall–Kier alpha value is -8.52. The molecule has 33 heteroatoms. The molecule has 4 aromatic carbocycles. The zero-order chi connectivity index (χ0) is 85.6. The number of hydrogen-bond acceptors (Lipinski definition) is 17. The van der Waals surface area contributed by atoms with E-state index in [4.69, 9.17) is 53.6 Å². The van der Waals surface area contributed by atoms with Crippen LogP contribution in [0, 0.1) is 0 Å². The first-order valence-electron chi connectivity index (χ1n) is 42.1.